The summed E-state index contributed by atoms with van der Waals surface area (Å²) in [5, 5.41) is 14.3. The number of aliphatic hydroxyl groups excluding tert-OH is 1. The maximum Gasteiger partial charge on any atom is 0.124 e. The van der Waals surface area contributed by atoms with Gasteiger partial charge >= 0.3 is 0 Å². The van der Waals surface area contributed by atoms with Crippen LogP contribution in [-0.2, 0) is 12.8 Å². The number of rotatable bonds is 5. The Labute approximate surface area is 123 Å². The molecule has 0 radical (unpaired) electrons. The number of halogens is 2. The molecule has 1 unspecified atom stereocenters. The van der Waals surface area contributed by atoms with E-state index in [1.807, 2.05) is 0 Å². The molecule has 1 atom stereocenters. The lowest BCUT2D eigenvalue weighted by Crippen LogP contribution is -2.04. The van der Waals surface area contributed by atoms with E-state index in [0.29, 0.717) is 10.9 Å². The molecule has 6 heteroatoms. The van der Waals surface area contributed by atoms with Crippen LogP contribution in [-0.4, -0.2) is 14.7 Å². The van der Waals surface area contributed by atoms with Gasteiger partial charge < -0.3 is 5.11 Å². The van der Waals surface area contributed by atoms with Gasteiger partial charge in [-0.1, -0.05) is 39.8 Å². The molecule has 0 aliphatic carbocycles. The molecule has 0 spiro atoms. The summed E-state index contributed by atoms with van der Waals surface area (Å²) in [6.07, 6.45) is 1.55. The molecule has 1 heterocycles. The minimum Gasteiger partial charge on any atom is -0.387 e. The fourth-order valence-corrected chi connectivity index (χ4v) is 3.06. The first-order chi connectivity index (χ1) is 9.11. The standard InChI is InChI=1S/C13H14BrFN2OS/c1-2-3-11-13(19-17-16-11)12(18)6-8-4-5-9(15)7-10(8)14/h4-5,7,12,18H,2-3,6H2,1H3. The predicted octanol–water partition coefficient (Wildman–Crippen LogP) is 3.67. The van der Waals surface area contributed by atoms with Crippen LogP contribution in [0.25, 0.3) is 0 Å². The average molecular weight is 345 g/mol. The van der Waals surface area contributed by atoms with Crippen molar-refractivity contribution >= 4 is 27.5 Å². The highest BCUT2D eigenvalue weighted by atomic mass is 79.9. The monoisotopic (exact) mass is 344 g/mol. The van der Waals surface area contributed by atoms with Crippen LogP contribution in [0.4, 0.5) is 4.39 Å². The second-order valence-electron chi connectivity index (χ2n) is 4.29. The highest BCUT2D eigenvalue weighted by molar-refractivity contribution is 9.10. The van der Waals surface area contributed by atoms with Gasteiger partial charge in [-0.15, -0.1) is 5.10 Å². The van der Waals surface area contributed by atoms with Crippen molar-refractivity contribution in [1.29, 1.82) is 0 Å². The van der Waals surface area contributed by atoms with Crippen LogP contribution in [0.5, 0.6) is 0 Å². The molecule has 2 rings (SSSR count). The molecule has 3 nitrogen and oxygen atoms in total. The number of aliphatic hydroxyl groups is 1. The van der Waals surface area contributed by atoms with Crippen LogP contribution < -0.4 is 0 Å². The molecule has 2 aromatic rings. The van der Waals surface area contributed by atoms with Gasteiger partial charge in [0.15, 0.2) is 0 Å². The van der Waals surface area contributed by atoms with Gasteiger partial charge in [0, 0.05) is 10.9 Å². The zero-order valence-corrected chi connectivity index (χ0v) is 12.8. The Morgan fingerprint density at radius 3 is 2.95 bits per heavy atom. The van der Waals surface area contributed by atoms with Crippen molar-refractivity contribution in [2.75, 3.05) is 0 Å². The van der Waals surface area contributed by atoms with E-state index in [2.05, 4.69) is 32.4 Å². The summed E-state index contributed by atoms with van der Waals surface area (Å²) >= 11 is 4.53. The summed E-state index contributed by atoms with van der Waals surface area (Å²) in [6, 6.07) is 4.47. The highest BCUT2D eigenvalue weighted by Gasteiger charge is 2.18. The fourth-order valence-electron chi connectivity index (χ4n) is 1.87. The molecule has 0 aliphatic rings. The Morgan fingerprint density at radius 2 is 2.26 bits per heavy atom. The maximum atomic E-state index is 13.0. The number of hydrogen-bond donors (Lipinski definition) is 1. The molecule has 0 saturated heterocycles. The van der Waals surface area contributed by atoms with Crippen molar-refractivity contribution in [3.63, 3.8) is 0 Å². The predicted molar refractivity (Wildman–Crippen MR) is 76.7 cm³/mol. The zero-order chi connectivity index (χ0) is 13.8. The van der Waals surface area contributed by atoms with Gasteiger partial charge in [0.25, 0.3) is 0 Å². The number of hydrogen-bond acceptors (Lipinski definition) is 4. The van der Waals surface area contributed by atoms with Crippen LogP contribution in [0.2, 0.25) is 0 Å². The zero-order valence-electron chi connectivity index (χ0n) is 10.4. The van der Waals surface area contributed by atoms with Gasteiger partial charge in [-0.3, -0.25) is 0 Å². The fraction of sp³-hybridized carbons (Fsp3) is 0.385. The van der Waals surface area contributed by atoms with E-state index in [9.17, 15) is 9.50 Å². The number of benzene rings is 1. The Bertz CT molecular complexity index is 561. The smallest absolute Gasteiger partial charge is 0.124 e. The largest absolute Gasteiger partial charge is 0.387 e. The van der Waals surface area contributed by atoms with Crippen LogP contribution in [0.15, 0.2) is 22.7 Å². The SMILES string of the molecule is CCCc1nnsc1C(O)Cc1ccc(F)cc1Br. The van der Waals surface area contributed by atoms with Crippen LogP contribution in [0.1, 0.15) is 35.6 Å². The first-order valence-corrected chi connectivity index (χ1v) is 7.61. The third-order valence-electron chi connectivity index (χ3n) is 2.80. The second kappa shape index (κ2) is 6.54. The summed E-state index contributed by atoms with van der Waals surface area (Å²) in [6.45, 7) is 2.06. The van der Waals surface area contributed by atoms with Crippen LogP contribution in [0, 0.1) is 5.82 Å². The maximum absolute atomic E-state index is 13.0. The number of nitrogens with zero attached hydrogens (tertiary/aromatic N) is 2. The second-order valence-corrected chi connectivity index (χ2v) is 5.93. The van der Waals surface area contributed by atoms with Crippen molar-refractivity contribution in [1.82, 2.24) is 9.59 Å². The number of aryl methyl sites for hydroxylation is 1. The molecular weight excluding hydrogens is 331 g/mol. The first kappa shape index (κ1) is 14.6. The van der Waals surface area contributed by atoms with Crippen molar-refractivity contribution < 1.29 is 9.50 Å². The van der Waals surface area contributed by atoms with Crippen molar-refractivity contribution in [3.8, 4) is 0 Å². The van der Waals surface area contributed by atoms with E-state index in [1.54, 1.807) is 6.07 Å². The van der Waals surface area contributed by atoms with E-state index in [4.69, 9.17) is 0 Å². The third kappa shape index (κ3) is 3.58. The Morgan fingerprint density at radius 1 is 1.47 bits per heavy atom. The van der Waals surface area contributed by atoms with E-state index in [-0.39, 0.29) is 5.82 Å². The molecular formula is C13H14BrFN2OS. The molecule has 0 amide bonds. The van der Waals surface area contributed by atoms with E-state index < -0.39 is 6.10 Å². The molecule has 102 valence electrons. The summed E-state index contributed by atoms with van der Waals surface area (Å²) in [7, 11) is 0. The molecule has 0 aliphatic heterocycles. The van der Waals surface area contributed by atoms with E-state index in [0.717, 1.165) is 29.0 Å². The molecule has 0 saturated carbocycles. The van der Waals surface area contributed by atoms with Gasteiger partial charge in [-0.2, -0.15) is 0 Å². The molecule has 1 N–H and O–H groups in total. The molecule has 1 aromatic carbocycles. The molecule has 0 fully saturated rings. The normalized spacial score (nSPS) is 12.6. The number of aromatic nitrogens is 2. The Balaban J connectivity index is 2.16. The lowest BCUT2D eigenvalue weighted by Gasteiger charge is -2.11. The minimum absolute atomic E-state index is 0.295. The van der Waals surface area contributed by atoms with Gasteiger partial charge in [0.1, 0.15) is 5.82 Å². The van der Waals surface area contributed by atoms with Crippen LogP contribution >= 0.6 is 27.5 Å². The lowest BCUT2D eigenvalue weighted by atomic mass is 10.0. The van der Waals surface area contributed by atoms with Gasteiger partial charge in [-0.25, -0.2) is 4.39 Å². The van der Waals surface area contributed by atoms with Crippen molar-refractivity contribution in [3.05, 3.63) is 44.6 Å². The summed E-state index contributed by atoms with van der Waals surface area (Å²) in [5.41, 5.74) is 1.72. The van der Waals surface area contributed by atoms with Gasteiger partial charge in [0.05, 0.1) is 16.7 Å². The third-order valence-corrected chi connectivity index (χ3v) is 4.41. The minimum atomic E-state index is -0.650. The Kier molecular flexibility index (Phi) is 5.01. The van der Waals surface area contributed by atoms with Crippen molar-refractivity contribution in [2.45, 2.75) is 32.3 Å². The summed E-state index contributed by atoms with van der Waals surface area (Å²) in [4.78, 5) is 0.804. The summed E-state index contributed by atoms with van der Waals surface area (Å²) < 4.78 is 17.6. The molecule has 1 aromatic heterocycles. The molecule has 0 bridgehead atoms. The van der Waals surface area contributed by atoms with Crippen LogP contribution in [0.3, 0.4) is 0 Å². The Hall–Kier alpha value is -0.850. The molecule has 19 heavy (non-hydrogen) atoms. The lowest BCUT2D eigenvalue weighted by molar-refractivity contribution is 0.180. The topological polar surface area (TPSA) is 46.0 Å². The van der Waals surface area contributed by atoms with Gasteiger partial charge in [0.2, 0.25) is 0 Å². The van der Waals surface area contributed by atoms with E-state index >= 15 is 0 Å². The van der Waals surface area contributed by atoms with Crippen molar-refractivity contribution in [2.24, 2.45) is 0 Å². The van der Waals surface area contributed by atoms with Gasteiger partial charge in [-0.05, 0) is 35.6 Å². The first-order valence-electron chi connectivity index (χ1n) is 6.05. The van der Waals surface area contributed by atoms with E-state index in [1.165, 1.54) is 23.7 Å². The summed E-state index contributed by atoms with van der Waals surface area (Å²) in [5.74, 6) is -0.295. The average Bonchev–Trinajstić information content (AvgIpc) is 2.81. The highest BCUT2D eigenvalue weighted by Crippen LogP contribution is 2.28. The quantitative estimate of drug-likeness (QED) is 0.899.